The second-order valence-electron chi connectivity index (χ2n) is 4.69. The molecule has 1 heterocycles. The van der Waals surface area contributed by atoms with Crippen molar-refractivity contribution in [1.82, 2.24) is 4.57 Å². The molecule has 0 aliphatic heterocycles. The monoisotopic (exact) mass is 287 g/mol. The summed E-state index contributed by atoms with van der Waals surface area (Å²) in [6, 6.07) is 10.5. The average Bonchev–Trinajstić information content (AvgIpc) is 2.82. The van der Waals surface area contributed by atoms with E-state index in [-0.39, 0.29) is 17.7 Å². The van der Waals surface area contributed by atoms with Gasteiger partial charge < -0.3 is 9.67 Å². The Labute approximate surface area is 119 Å². The van der Waals surface area contributed by atoms with Crippen LogP contribution in [0.1, 0.15) is 15.9 Å². The molecule has 0 aliphatic carbocycles. The van der Waals surface area contributed by atoms with Gasteiger partial charge in [0.1, 0.15) is 11.6 Å². The zero-order valence-corrected chi connectivity index (χ0v) is 10.9. The Kier molecular flexibility index (Phi) is 3.17. The molecule has 21 heavy (non-hydrogen) atoms. The Hall–Kier alpha value is -2.69. The van der Waals surface area contributed by atoms with Gasteiger partial charge in [-0.05, 0) is 18.2 Å². The topological polar surface area (TPSA) is 42.2 Å². The molecule has 106 valence electrons. The van der Waals surface area contributed by atoms with Crippen molar-refractivity contribution >= 4 is 16.9 Å². The highest BCUT2D eigenvalue weighted by Crippen LogP contribution is 2.23. The van der Waals surface area contributed by atoms with Crippen LogP contribution in [0.5, 0.6) is 0 Å². The number of carbonyl (C=O) groups is 1. The molecule has 0 saturated heterocycles. The predicted molar refractivity (Wildman–Crippen MR) is 74.4 cm³/mol. The molecule has 0 amide bonds. The molecule has 0 unspecified atom stereocenters. The van der Waals surface area contributed by atoms with Crippen molar-refractivity contribution in [2.45, 2.75) is 6.54 Å². The van der Waals surface area contributed by atoms with Gasteiger partial charge in [-0.1, -0.05) is 24.3 Å². The molecule has 0 radical (unpaired) electrons. The first kappa shape index (κ1) is 13.3. The fourth-order valence-corrected chi connectivity index (χ4v) is 2.40. The number of benzene rings is 2. The minimum atomic E-state index is -1.07. The highest BCUT2D eigenvalue weighted by atomic mass is 19.1. The number of nitrogens with zero attached hydrogens (tertiary/aromatic N) is 1. The van der Waals surface area contributed by atoms with E-state index in [1.54, 1.807) is 28.8 Å². The van der Waals surface area contributed by atoms with E-state index in [0.717, 1.165) is 0 Å². The number of fused-ring (bicyclic) bond motifs is 1. The number of aromatic nitrogens is 1. The highest BCUT2D eigenvalue weighted by molar-refractivity contribution is 6.03. The number of para-hydroxylation sites is 1. The third kappa shape index (κ3) is 2.27. The van der Waals surface area contributed by atoms with Crippen molar-refractivity contribution in [3.05, 3.63) is 71.4 Å². The van der Waals surface area contributed by atoms with Crippen LogP contribution in [-0.2, 0) is 6.54 Å². The number of carboxylic acids is 1. The van der Waals surface area contributed by atoms with Gasteiger partial charge in [-0.25, -0.2) is 13.6 Å². The number of hydrogen-bond acceptors (Lipinski definition) is 1. The van der Waals surface area contributed by atoms with Gasteiger partial charge in [-0.15, -0.1) is 0 Å². The van der Waals surface area contributed by atoms with Gasteiger partial charge in [0.05, 0.1) is 12.1 Å². The summed E-state index contributed by atoms with van der Waals surface area (Å²) < 4.78 is 29.0. The van der Waals surface area contributed by atoms with Crippen LogP contribution in [0.15, 0.2) is 48.7 Å². The third-order valence-electron chi connectivity index (χ3n) is 3.41. The maximum Gasteiger partial charge on any atom is 0.337 e. The van der Waals surface area contributed by atoms with Crippen molar-refractivity contribution in [3.63, 3.8) is 0 Å². The van der Waals surface area contributed by atoms with Crippen LogP contribution < -0.4 is 0 Å². The number of halogens is 2. The van der Waals surface area contributed by atoms with Gasteiger partial charge in [0.25, 0.3) is 0 Å². The SMILES string of the molecule is O=C(O)c1cn(Cc2c(F)cccc2F)c2ccccc12. The van der Waals surface area contributed by atoms with Gasteiger partial charge in [0, 0.05) is 22.7 Å². The van der Waals surface area contributed by atoms with Crippen molar-refractivity contribution in [2.75, 3.05) is 0 Å². The van der Waals surface area contributed by atoms with Gasteiger partial charge in [0.2, 0.25) is 0 Å². The molecular formula is C16H11F2NO2. The second kappa shape index (κ2) is 5.01. The molecule has 1 aromatic heterocycles. The number of rotatable bonds is 3. The standard InChI is InChI=1S/C16H11F2NO2/c17-13-5-3-6-14(18)12(13)9-19-8-11(16(20)21)10-4-1-2-7-15(10)19/h1-8H,9H2,(H,20,21). The van der Waals surface area contributed by atoms with E-state index in [1.165, 1.54) is 24.4 Å². The fraction of sp³-hybridized carbons (Fsp3) is 0.0625. The predicted octanol–water partition coefficient (Wildman–Crippen LogP) is 3.67. The van der Waals surface area contributed by atoms with Crippen LogP contribution in [0.2, 0.25) is 0 Å². The summed E-state index contributed by atoms with van der Waals surface area (Å²) in [5, 5.41) is 9.75. The highest BCUT2D eigenvalue weighted by Gasteiger charge is 2.16. The van der Waals surface area contributed by atoms with E-state index in [9.17, 15) is 18.7 Å². The first-order valence-electron chi connectivity index (χ1n) is 6.32. The summed E-state index contributed by atoms with van der Waals surface area (Å²) in [5.74, 6) is -2.37. The zero-order valence-electron chi connectivity index (χ0n) is 10.9. The molecule has 0 bridgehead atoms. The Morgan fingerprint density at radius 2 is 1.71 bits per heavy atom. The molecular weight excluding hydrogens is 276 g/mol. The van der Waals surface area contributed by atoms with Crippen LogP contribution in [0, 0.1) is 11.6 Å². The Morgan fingerprint density at radius 3 is 2.38 bits per heavy atom. The molecule has 0 spiro atoms. The first-order valence-corrected chi connectivity index (χ1v) is 6.32. The second-order valence-corrected chi connectivity index (χ2v) is 4.69. The summed E-state index contributed by atoms with van der Waals surface area (Å²) in [6.07, 6.45) is 1.40. The molecule has 3 aromatic rings. The van der Waals surface area contributed by atoms with E-state index in [4.69, 9.17) is 0 Å². The van der Waals surface area contributed by atoms with Crippen LogP contribution in [-0.4, -0.2) is 15.6 Å². The van der Waals surface area contributed by atoms with Crippen molar-refractivity contribution in [2.24, 2.45) is 0 Å². The molecule has 0 fully saturated rings. The lowest BCUT2D eigenvalue weighted by molar-refractivity contribution is 0.0699. The van der Waals surface area contributed by atoms with Crippen molar-refractivity contribution in [3.8, 4) is 0 Å². The van der Waals surface area contributed by atoms with Crippen molar-refractivity contribution < 1.29 is 18.7 Å². The third-order valence-corrected chi connectivity index (χ3v) is 3.41. The maximum absolute atomic E-state index is 13.7. The largest absolute Gasteiger partial charge is 0.478 e. The molecule has 5 heteroatoms. The number of aromatic carboxylic acids is 1. The first-order chi connectivity index (χ1) is 10.1. The Balaban J connectivity index is 2.15. The summed E-state index contributed by atoms with van der Waals surface area (Å²) in [5.41, 5.74) is 0.648. The molecule has 0 atom stereocenters. The summed E-state index contributed by atoms with van der Waals surface area (Å²) >= 11 is 0. The molecule has 3 rings (SSSR count). The lowest BCUT2D eigenvalue weighted by Gasteiger charge is -2.07. The quantitative estimate of drug-likeness (QED) is 0.798. The normalized spacial score (nSPS) is 11.0. The Morgan fingerprint density at radius 1 is 1.05 bits per heavy atom. The molecule has 2 aromatic carbocycles. The zero-order chi connectivity index (χ0) is 15.0. The van der Waals surface area contributed by atoms with E-state index < -0.39 is 17.6 Å². The molecule has 0 aliphatic rings. The molecule has 3 nitrogen and oxygen atoms in total. The maximum atomic E-state index is 13.7. The van der Waals surface area contributed by atoms with Crippen molar-refractivity contribution in [1.29, 1.82) is 0 Å². The Bertz CT molecular complexity index is 819. The van der Waals surface area contributed by atoms with Crippen LogP contribution in [0.3, 0.4) is 0 Å². The van der Waals surface area contributed by atoms with Gasteiger partial charge in [0.15, 0.2) is 0 Å². The van der Waals surface area contributed by atoms with Gasteiger partial charge in [-0.3, -0.25) is 0 Å². The summed E-state index contributed by atoms with van der Waals surface area (Å²) in [4.78, 5) is 11.3. The van der Waals surface area contributed by atoms with Crippen LogP contribution in [0.4, 0.5) is 8.78 Å². The molecule has 0 saturated carbocycles. The molecule has 1 N–H and O–H groups in total. The van der Waals surface area contributed by atoms with E-state index in [0.29, 0.717) is 10.9 Å². The van der Waals surface area contributed by atoms with Crippen LogP contribution >= 0.6 is 0 Å². The fourth-order valence-electron chi connectivity index (χ4n) is 2.40. The number of carboxylic acid groups (broad SMARTS) is 1. The lowest BCUT2D eigenvalue weighted by atomic mass is 10.2. The average molecular weight is 287 g/mol. The minimum absolute atomic E-state index is 0.0632. The summed E-state index contributed by atoms with van der Waals surface area (Å²) in [7, 11) is 0. The number of hydrogen-bond donors (Lipinski definition) is 1. The summed E-state index contributed by atoms with van der Waals surface area (Å²) in [6.45, 7) is -0.0632. The van der Waals surface area contributed by atoms with Gasteiger partial charge in [-0.2, -0.15) is 0 Å². The lowest BCUT2D eigenvalue weighted by Crippen LogP contribution is -2.03. The van der Waals surface area contributed by atoms with E-state index >= 15 is 0 Å². The minimum Gasteiger partial charge on any atom is -0.478 e. The van der Waals surface area contributed by atoms with E-state index in [1.807, 2.05) is 0 Å². The smallest absolute Gasteiger partial charge is 0.337 e. The van der Waals surface area contributed by atoms with Gasteiger partial charge >= 0.3 is 5.97 Å². The van der Waals surface area contributed by atoms with Crippen LogP contribution in [0.25, 0.3) is 10.9 Å². The van der Waals surface area contributed by atoms with E-state index in [2.05, 4.69) is 0 Å².